The Balaban J connectivity index is 1.97. The molecule has 1 aromatic rings. The third-order valence-electron chi connectivity index (χ3n) is 3.57. The van der Waals surface area contributed by atoms with Crippen LogP contribution < -0.4 is 5.32 Å². The minimum absolute atomic E-state index is 0.0835. The molecule has 0 bridgehead atoms. The number of amides is 2. The van der Waals surface area contributed by atoms with Crippen molar-refractivity contribution in [2.75, 3.05) is 19.7 Å². The maximum Gasteiger partial charge on any atom is 0.407 e. The smallest absolute Gasteiger partial charge is 0.407 e. The number of nitrogens with zero attached hydrogens (tertiary/aromatic N) is 2. The maximum absolute atomic E-state index is 12.5. The van der Waals surface area contributed by atoms with Gasteiger partial charge in [-0.15, -0.1) is 0 Å². The Bertz CT molecular complexity index is 577. The number of nitriles is 1. The lowest BCUT2D eigenvalue weighted by molar-refractivity contribution is 0.0686. The number of carbonyl (C=O) groups is 2. The lowest BCUT2D eigenvalue weighted by atomic mass is 10.0. The highest BCUT2D eigenvalue weighted by molar-refractivity contribution is 5.94. The lowest BCUT2D eigenvalue weighted by Crippen LogP contribution is -2.49. The van der Waals surface area contributed by atoms with Crippen LogP contribution in [0.5, 0.6) is 0 Å². The van der Waals surface area contributed by atoms with E-state index < -0.39 is 6.09 Å². The predicted molar refractivity (Wildman–Crippen MR) is 80.2 cm³/mol. The van der Waals surface area contributed by atoms with Gasteiger partial charge in [0.05, 0.1) is 18.2 Å². The second-order valence-electron chi connectivity index (χ2n) is 5.14. The van der Waals surface area contributed by atoms with Crippen molar-refractivity contribution in [3.05, 3.63) is 35.4 Å². The third kappa shape index (κ3) is 3.98. The van der Waals surface area contributed by atoms with Crippen LogP contribution >= 0.6 is 0 Å². The highest BCUT2D eigenvalue weighted by Crippen LogP contribution is 2.14. The van der Waals surface area contributed by atoms with E-state index in [-0.39, 0.29) is 11.9 Å². The SMILES string of the molecule is CCOC(=O)N[C@@H]1CCCN(C(=O)c2ccc(C#N)cc2)C1. The number of alkyl carbamates (subject to hydrolysis) is 1. The Hall–Kier alpha value is -2.55. The normalized spacial score (nSPS) is 17.5. The van der Waals surface area contributed by atoms with Crippen molar-refractivity contribution in [2.24, 2.45) is 0 Å². The molecule has 1 saturated heterocycles. The van der Waals surface area contributed by atoms with Gasteiger partial charge in [0.1, 0.15) is 0 Å². The Labute approximate surface area is 129 Å². The van der Waals surface area contributed by atoms with Crippen LogP contribution in [0.4, 0.5) is 4.79 Å². The quantitative estimate of drug-likeness (QED) is 0.924. The molecule has 0 aliphatic carbocycles. The van der Waals surface area contributed by atoms with Crippen LogP contribution in [0.25, 0.3) is 0 Å². The van der Waals surface area contributed by atoms with E-state index in [1.54, 1.807) is 36.1 Å². The molecule has 6 nitrogen and oxygen atoms in total. The van der Waals surface area contributed by atoms with Crippen LogP contribution in [0.1, 0.15) is 35.7 Å². The second-order valence-corrected chi connectivity index (χ2v) is 5.14. The van der Waals surface area contributed by atoms with Crippen LogP contribution in [0.15, 0.2) is 24.3 Å². The largest absolute Gasteiger partial charge is 0.450 e. The van der Waals surface area contributed by atoms with Gasteiger partial charge in [-0.25, -0.2) is 4.79 Å². The van der Waals surface area contributed by atoms with Crippen molar-refractivity contribution in [1.82, 2.24) is 10.2 Å². The van der Waals surface area contributed by atoms with Crippen molar-refractivity contribution in [3.8, 4) is 6.07 Å². The number of rotatable bonds is 3. The van der Waals surface area contributed by atoms with E-state index in [0.717, 1.165) is 12.8 Å². The first-order valence-electron chi connectivity index (χ1n) is 7.36. The molecule has 2 rings (SSSR count). The van der Waals surface area contributed by atoms with E-state index in [9.17, 15) is 9.59 Å². The molecule has 1 aliphatic heterocycles. The number of carbonyl (C=O) groups excluding carboxylic acids is 2. The number of hydrogen-bond acceptors (Lipinski definition) is 4. The van der Waals surface area contributed by atoms with Crippen LogP contribution in [0.2, 0.25) is 0 Å². The first-order chi connectivity index (χ1) is 10.6. The molecule has 1 heterocycles. The Kier molecular flexibility index (Phi) is 5.37. The number of ether oxygens (including phenoxy) is 1. The van der Waals surface area contributed by atoms with Crippen molar-refractivity contribution < 1.29 is 14.3 Å². The zero-order valence-corrected chi connectivity index (χ0v) is 12.5. The Morgan fingerprint density at radius 3 is 2.77 bits per heavy atom. The van der Waals surface area contributed by atoms with Gasteiger partial charge in [0, 0.05) is 24.7 Å². The molecular formula is C16H19N3O3. The number of benzene rings is 1. The molecule has 22 heavy (non-hydrogen) atoms. The van der Waals surface area contributed by atoms with Crippen LogP contribution in [0, 0.1) is 11.3 Å². The lowest BCUT2D eigenvalue weighted by Gasteiger charge is -2.33. The van der Waals surface area contributed by atoms with Gasteiger partial charge in [-0.05, 0) is 44.0 Å². The minimum atomic E-state index is -0.444. The van der Waals surface area contributed by atoms with Crippen molar-refractivity contribution in [2.45, 2.75) is 25.8 Å². The summed E-state index contributed by atoms with van der Waals surface area (Å²) in [7, 11) is 0. The van der Waals surface area contributed by atoms with Crippen LogP contribution in [0.3, 0.4) is 0 Å². The van der Waals surface area contributed by atoms with Crippen molar-refractivity contribution in [3.63, 3.8) is 0 Å². The van der Waals surface area contributed by atoms with Gasteiger partial charge < -0.3 is 15.0 Å². The first-order valence-corrected chi connectivity index (χ1v) is 7.36. The molecule has 0 unspecified atom stereocenters. The standard InChI is InChI=1S/C16H19N3O3/c1-2-22-16(21)18-14-4-3-9-19(11-14)15(20)13-7-5-12(10-17)6-8-13/h5-8,14H,2-4,9,11H2,1H3,(H,18,21)/t14-/m1/s1. The zero-order chi connectivity index (χ0) is 15.9. The molecule has 1 N–H and O–H groups in total. The van der Waals surface area contributed by atoms with Gasteiger partial charge in [0.15, 0.2) is 0 Å². The van der Waals surface area contributed by atoms with Gasteiger partial charge in [-0.3, -0.25) is 4.79 Å². The Morgan fingerprint density at radius 2 is 2.14 bits per heavy atom. The molecular weight excluding hydrogens is 282 g/mol. The molecule has 0 radical (unpaired) electrons. The van der Waals surface area contributed by atoms with E-state index in [2.05, 4.69) is 5.32 Å². The summed E-state index contributed by atoms with van der Waals surface area (Å²) in [6, 6.07) is 8.51. The first kappa shape index (κ1) is 15.8. The summed E-state index contributed by atoms with van der Waals surface area (Å²) in [5, 5.41) is 11.6. The van der Waals surface area contributed by atoms with Gasteiger partial charge >= 0.3 is 6.09 Å². The second kappa shape index (κ2) is 7.46. The number of piperidine rings is 1. The number of nitrogens with one attached hydrogen (secondary N) is 1. The van der Waals surface area contributed by atoms with Crippen molar-refractivity contribution in [1.29, 1.82) is 5.26 Å². The van der Waals surface area contributed by atoms with Crippen LogP contribution in [-0.2, 0) is 4.74 Å². The number of hydrogen-bond donors (Lipinski definition) is 1. The summed E-state index contributed by atoms with van der Waals surface area (Å²) < 4.78 is 4.87. The van der Waals surface area contributed by atoms with Gasteiger partial charge in [0.2, 0.25) is 0 Å². The molecule has 116 valence electrons. The summed E-state index contributed by atoms with van der Waals surface area (Å²) >= 11 is 0. The highest BCUT2D eigenvalue weighted by Gasteiger charge is 2.25. The van der Waals surface area contributed by atoms with E-state index in [0.29, 0.717) is 30.8 Å². The van der Waals surface area contributed by atoms with E-state index >= 15 is 0 Å². The van der Waals surface area contributed by atoms with E-state index in [4.69, 9.17) is 10.00 Å². The summed E-state index contributed by atoms with van der Waals surface area (Å²) in [6.07, 6.45) is 1.22. The number of likely N-dealkylation sites (tertiary alicyclic amines) is 1. The summed E-state index contributed by atoms with van der Waals surface area (Å²) in [5.74, 6) is -0.0835. The molecule has 1 fully saturated rings. The zero-order valence-electron chi connectivity index (χ0n) is 12.5. The van der Waals surface area contributed by atoms with E-state index in [1.165, 1.54) is 0 Å². The molecule has 0 aromatic heterocycles. The molecule has 2 amide bonds. The van der Waals surface area contributed by atoms with E-state index in [1.807, 2.05) is 6.07 Å². The summed E-state index contributed by atoms with van der Waals surface area (Å²) in [6.45, 7) is 3.21. The fraction of sp³-hybridized carbons (Fsp3) is 0.438. The minimum Gasteiger partial charge on any atom is -0.450 e. The fourth-order valence-electron chi connectivity index (χ4n) is 2.49. The van der Waals surface area contributed by atoms with Crippen LogP contribution in [-0.4, -0.2) is 42.6 Å². The third-order valence-corrected chi connectivity index (χ3v) is 3.57. The van der Waals surface area contributed by atoms with Gasteiger partial charge in [-0.1, -0.05) is 0 Å². The molecule has 0 spiro atoms. The highest BCUT2D eigenvalue weighted by atomic mass is 16.5. The molecule has 6 heteroatoms. The maximum atomic E-state index is 12.5. The predicted octanol–water partition coefficient (Wildman–Crippen LogP) is 1.91. The molecule has 1 aliphatic rings. The molecule has 1 atom stereocenters. The summed E-state index contributed by atoms with van der Waals surface area (Å²) in [5.41, 5.74) is 1.08. The Morgan fingerprint density at radius 1 is 1.41 bits per heavy atom. The molecule has 1 aromatic carbocycles. The topological polar surface area (TPSA) is 82.4 Å². The monoisotopic (exact) mass is 301 g/mol. The van der Waals surface area contributed by atoms with Gasteiger partial charge in [-0.2, -0.15) is 5.26 Å². The van der Waals surface area contributed by atoms with Crippen molar-refractivity contribution >= 4 is 12.0 Å². The van der Waals surface area contributed by atoms with Gasteiger partial charge in [0.25, 0.3) is 5.91 Å². The average molecular weight is 301 g/mol. The summed E-state index contributed by atoms with van der Waals surface area (Å²) in [4.78, 5) is 25.6. The molecule has 0 saturated carbocycles. The fourth-order valence-corrected chi connectivity index (χ4v) is 2.49. The average Bonchev–Trinajstić information content (AvgIpc) is 2.54.